The number of methoxy groups -OCH3 is 1. The Balaban J connectivity index is 2.46. The zero-order valence-corrected chi connectivity index (χ0v) is 12.0. The highest BCUT2D eigenvalue weighted by Crippen LogP contribution is 2.27. The fraction of sp³-hybridized carbons (Fsp3) is 0.133. The SMILES string of the molecule is COc1ccccc1S(=O)(=O)Cc1cccc(C#N)c1F. The van der Waals surface area contributed by atoms with Crippen molar-refractivity contribution < 1.29 is 17.5 Å². The fourth-order valence-corrected chi connectivity index (χ4v) is 3.47. The molecule has 0 fully saturated rings. The van der Waals surface area contributed by atoms with E-state index in [0.29, 0.717) is 0 Å². The van der Waals surface area contributed by atoms with Gasteiger partial charge < -0.3 is 4.74 Å². The smallest absolute Gasteiger partial charge is 0.186 e. The summed E-state index contributed by atoms with van der Waals surface area (Å²) >= 11 is 0. The number of hydrogen-bond donors (Lipinski definition) is 0. The van der Waals surface area contributed by atoms with Crippen molar-refractivity contribution in [3.05, 3.63) is 59.4 Å². The predicted molar refractivity (Wildman–Crippen MR) is 75.0 cm³/mol. The molecule has 108 valence electrons. The molecule has 0 aliphatic heterocycles. The van der Waals surface area contributed by atoms with Crippen molar-refractivity contribution in [1.82, 2.24) is 0 Å². The first-order valence-corrected chi connectivity index (χ1v) is 7.68. The zero-order chi connectivity index (χ0) is 15.5. The van der Waals surface area contributed by atoms with E-state index in [4.69, 9.17) is 10.00 Å². The molecule has 0 spiro atoms. The molecule has 0 bridgehead atoms. The first-order valence-electron chi connectivity index (χ1n) is 6.03. The van der Waals surface area contributed by atoms with Gasteiger partial charge in [0.15, 0.2) is 9.84 Å². The second kappa shape index (κ2) is 5.94. The Labute approximate surface area is 122 Å². The van der Waals surface area contributed by atoms with Crippen LogP contribution in [0.25, 0.3) is 0 Å². The summed E-state index contributed by atoms with van der Waals surface area (Å²) in [5.74, 6) is -1.14. The highest BCUT2D eigenvalue weighted by molar-refractivity contribution is 7.90. The average Bonchev–Trinajstić information content (AvgIpc) is 2.49. The van der Waals surface area contributed by atoms with Gasteiger partial charge in [-0.15, -0.1) is 0 Å². The van der Waals surface area contributed by atoms with Crippen molar-refractivity contribution in [2.45, 2.75) is 10.6 Å². The van der Waals surface area contributed by atoms with Crippen molar-refractivity contribution in [3.8, 4) is 11.8 Å². The molecule has 2 aromatic rings. The second-order valence-electron chi connectivity index (χ2n) is 4.30. The molecule has 4 nitrogen and oxygen atoms in total. The second-order valence-corrected chi connectivity index (χ2v) is 6.26. The van der Waals surface area contributed by atoms with Crippen molar-refractivity contribution in [3.63, 3.8) is 0 Å². The minimum Gasteiger partial charge on any atom is -0.495 e. The summed E-state index contributed by atoms with van der Waals surface area (Å²) in [6, 6.07) is 11.9. The Morgan fingerprint density at radius 3 is 2.57 bits per heavy atom. The van der Waals surface area contributed by atoms with Crippen LogP contribution in [0.2, 0.25) is 0 Å². The van der Waals surface area contributed by atoms with Gasteiger partial charge in [-0.25, -0.2) is 12.8 Å². The van der Waals surface area contributed by atoms with Crippen LogP contribution in [-0.4, -0.2) is 15.5 Å². The van der Waals surface area contributed by atoms with Gasteiger partial charge in [-0.1, -0.05) is 24.3 Å². The van der Waals surface area contributed by atoms with Crippen molar-refractivity contribution in [1.29, 1.82) is 5.26 Å². The number of rotatable bonds is 4. The number of nitrogens with zero attached hydrogens (tertiary/aromatic N) is 1. The molecular weight excluding hydrogens is 293 g/mol. The third kappa shape index (κ3) is 3.03. The maximum atomic E-state index is 14.0. The summed E-state index contributed by atoms with van der Waals surface area (Å²) in [5.41, 5.74) is -0.220. The standard InChI is InChI=1S/C15H12FNO3S/c1-20-13-7-2-3-8-14(13)21(18,19)10-12-6-4-5-11(9-17)15(12)16/h2-8H,10H2,1H3. The summed E-state index contributed by atoms with van der Waals surface area (Å²) in [6.45, 7) is 0. The lowest BCUT2D eigenvalue weighted by Gasteiger charge is -2.10. The summed E-state index contributed by atoms with van der Waals surface area (Å²) in [5, 5.41) is 8.78. The van der Waals surface area contributed by atoms with Gasteiger partial charge in [0, 0.05) is 5.56 Å². The summed E-state index contributed by atoms with van der Waals surface area (Å²) in [4.78, 5) is -0.00531. The molecule has 0 aliphatic carbocycles. The number of nitriles is 1. The van der Waals surface area contributed by atoms with Crippen LogP contribution in [0.4, 0.5) is 4.39 Å². The maximum Gasteiger partial charge on any atom is 0.186 e. The number of halogens is 1. The molecule has 0 unspecified atom stereocenters. The molecule has 2 rings (SSSR count). The van der Waals surface area contributed by atoms with Gasteiger partial charge in [-0.3, -0.25) is 0 Å². The Morgan fingerprint density at radius 2 is 1.90 bits per heavy atom. The van der Waals surface area contributed by atoms with E-state index in [0.717, 1.165) is 0 Å². The Hall–Kier alpha value is -2.39. The van der Waals surface area contributed by atoms with E-state index in [1.807, 2.05) is 0 Å². The highest BCUT2D eigenvalue weighted by Gasteiger charge is 2.22. The van der Waals surface area contributed by atoms with Crippen LogP contribution in [0, 0.1) is 17.1 Å². The van der Waals surface area contributed by atoms with Crippen LogP contribution in [0.15, 0.2) is 47.4 Å². The van der Waals surface area contributed by atoms with E-state index in [9.17, 15) is 12.8 Å². The van der Waals surface area contributed by atoms with Crippen molar-refractivity contribution in [2.75, 3.05) is 7.11 Å². The normalized spacial score (nSPS) is 10.9. The molecule has 0 N–H and O–H groups in total. The van der Waals surface area contributed by atoms with Crippen LogP contribution >= 0.6 is 0 Å². The van der Waals surface area contributed by atoms with E-state index < -0.39 is 21.4 Å². The van der Waals surface area contributed by atoms with Gasteiger partial charge >= 0.3 is 0 Å². The first kappa shape index (κ1) is 15.0. The number of benzene rings is 2. The lowest BCUT2D eigenvalue weighted by Crippen LogP contribution is -2.08. The topological polar surface area (TPSA) is 67.2 Å². The van der Waals surface area contributed by atoms with Gasteiger partial charge in [0.25, 0.3) is 0 Å². The number of para-hydroxylation sites is 1. The Bertz CT molecular complexity index is 810. The van der Waals surface area contributed by atoms with E-state index in [1.165, 1.54) is 37.4 Å². The third-order valence-corrected chi connectivity index (χ3v) is 4.65. The minimum absolute atomic E-state index is 0.00531. The van der Waals surface area contributed by atoms with Crippen LogP contribution < -0.4 is 4.74 Å². The van der Waals surface area contributed by atoms with E-state index in [1.54, 1.807) is 18.2 Å². The fourth-order valence-electron chi connectivity index (χ4n) is 1.94. The van der Waals surface area contributed by atoms with Crippen molar-refractivity contribution >= 4 is 9.84 Å². The zero-order valence-electron chi connectivity index (χ0n) is 11.2. The molecule has 21 heavy (non-hydrogen) atoms. The molecule has 0 aromatic heterocycles. The van der Waals surface area contributed by atoms with Gasteiger partial charge in [0.2, 0.25) is 0 Å². The lowest BCUT2D eigenvalue weighted by atomic mass is 10.1. The quantitative estimate of drug-likeness (QED) is 0.871. The third-order valence-electron chi connectivity index (χ3n) is 2.95. The maximum absolute atomic E-state index is 14.0. The average molecular weight is 305 g/mol. The van der Waals surface area contributed by atoms with E-state index in [2.05, 4.69) is 0 Å². The molecule has 0 radical (unpaired) electrons. The number of ether oxygens (including phenoxy) is 1. The number of hydrogen-bond acceptors (Lipinski definition) is 4. The van der Waals surface area contributed by atoms with Crippen molar-refractivity contribution in [2.24, 2.45) is 0 Å². The van der Waals surface area contributed by atoms with Crippen LogP contribution in [0.5, 0.6) is 5.75 Å². The van der Waals surface area contributed by atoms with Crippen LogP contribution in [-0.2, 0) is 15.6 Å². The lowest BCUT2D eigenvalue weighted by molar-refractivity contribution is 0.402. The first-order chi connectivity index (χ1) is 9.99. The Morgan fingerprint density at radius 1 is 1.19 bits per heavy atom. The molecule has 0 saturated carbocycles. The molecule has 0 amide bonds. The largest absolute Gasteiger partial charge is 0.495 e. The summed E-state index contributed by atoms with van der Waals surface area (Å²) in [7, 11) is -2.41. The van der Waals surface area contributed by atoms with Gasteiger partial charge in [-0.05, 0) is 18.2 Å². The molecule has 0 atom stereocenters. The van der Waals surface area contributed by atoms with E-state index in [-0.39, 0.29) is 21.8 Å². The predicted octanol–water partition coefficient (Wildman–Crippen LogP) is 2.68. The molecule has 6 heteroatoms. The molecule has 0 heterocycles. The molecular formula is C15H12FNO3S. The van der Waals surface area contributed by atoms with Gasteiger partial charge in [0.1, 0.15) is 22.5 Å². The van der Waals surface area contributed by atoms with Crippen LogP contribution in [0.3, 0.4) is 0 Å². The molecule has 0 aliphatic rings. The molecule has 2 aromatic carbocycles. The summed E-state index contributed by atoms with van der Waals surface area (Å²) < 4.78 is 43.8. The summed E-state index contributed by atoms with van der Waals surface area (Å²) in [6.07, 6.45) is 0. The minimum atomic E-state index is -3.78. The van der Waals surface area contributed by atoms with Gasteiger partial charge in [0.05, 0.1) is 18.4 Å². The molecule has 0 saturated heterocycles. The monoisotopic (exact) mass is 305 g/mol. The van der Waals surface area contributed by atoms with Gasteiger partial charge in [-0.2, -0.15) is 5.26 Å². The Kier molecular flexibility index (Phi) is 4.24. The highest BCUT2D eigenvalue weighted by atomic mass is 32.2. The number of sulfone groups is 1. The van der Waals surface area contributed by atoms with Crippen LogP contribution in [0.1, 0.15) is 11.1 Å². The van der Waals surface area contributed by atoms with E-state index >= 15 is 0 Å².